The quantitative estimate of drug-likeness (QED) is 0.157. The molecule has 194 valence electrons. The van der Waals surface area contributed by atoms with Gasteiger partial charge in [-0.15, -0.1) is 35.8 Å². The fourth-order valence-corrected chi connectivity index (χ4v) is 7.02. The van der Waals surface area contributed by atoms with Gasteiger partial charge in [-0.25, -0.2) is 0 Å². The number of allylic oxidation sites excluding steroid dienone is 2. The zero-order valence-electron chi connectivity index (χ0n) is 22.3. The summed E-state index contributed by atoms with van der Waals surface area (Å²) < 4.78 is 0. The van der Waals surface area contributed by atoms with Crippen molar-refractivity contribution in [2.45, 2.75) is 12.8 Å². The minimum Gasteiger partial charge on any atom is -0.134 e. The SMILES string of the molecule is C=CCc1ccc(-c2ccc(-c3ccc(-c4ccc(-c5ccc(-c6ccc(CC=C)cc6)cc5)s4)s3)cc2)cc1. The molecule has 0 nitrogen and oxygen atoms in total. The largest absolute Gasteiger partial charge is 0.134 e. The van der Waals surface area contributed by atoms with E-state index in [2.05, 4.69) is 134 Å². The molecule has 0 aliphatic heterocycles. The van der Waals surface area contributed by atoms with Crippen LogP contribution in [0.15, 0.2) is 147 Å². The summed E-state index contributed by atoms with van der Waals surface area (Å²) in [6, 6.07) is 44.3. The Bertz CT molecular complexity index is 1590. The standard InChI is InChI=1S/C38H30S2/c1-3-5-27-7-11-29(12-8-27)31-15-19-33(20-16-31)35-23-25-37(39-35)38-26-24-36(40-38)34-21-17-32(18-22-34)30-13-9-28(6-4-2)10-14-30/h3-4,7-26H,1-2,5-6H2. The molecule has 4 aromatic carbocycles. The van der Waals surface area contributed by atoms with Crippen LogP contribution in [0.1, 0.15) is 11.1 Å². The van der Waals surface area contributed by atoms with Crippen molar-refractivity contribution in [3.63, 3.8) is 0 Å². The third kappa shape index (κ3) is 5.70. The molecule has 0 amide bonds. The van der Waals surface area contributed by atoms with Gasteiger partial charge in [-0.05, 0) is 81.6 Å². The highest BCUT2D eigenvalue weighted by atomic mass is 32.1. The summed E-state index contributed by atoms with van der Waals surface area (Å²) in [6.45, 7) is 7.66. The van der Waals surface area contributed by atoms with Crippen molar-refractivity contribution in [1.29, 1.82) is 0 Å². The summed E-state index contributed by atoms with van der Waals surface area (Å²) in [5.74, 6) is 0. The van der Waals surface area contributed by atoms with E-state index in [-0.39, 0.29) is 0 Å². The average molecular weight is 551 g/mol. The maximum Gasteiger partial charge on any atom is 0.0449 e. The van der Waals surface area contributed by atoms with Crippen molar-refractivity contribution in [3.8, 4) is 52.9 Å². The van der Waals surface area contributed by atoms with Crippen LogP contribution in [-0.4, -0.2) is 0 Å². The average Bonchev–Trinajstić information content (AvgIpc) is 3.70. The Hall–Kier alpha value is -4.24. The first-order valence-electron chi connectivity index (χ1n) is 13.5. The third-order valence-electron chi connectivity index (χ3n) is 7.13. The second-order valence-corrected chi connectivity index (χ2v) is 12.0. The summed E-state index contributed by atoms with van der Waals surface area (Å²) in [5, 5.41) is 0. The number of benzene rings is 4. The van der Waals surface area contributed by atoms with Gasteiger partial charge in [0.05, 0.1) is 0 Å². The van der Waals surface area contributed by atoms with E-state index in [1.54, 1.807) is 0 Å². The van der Waals surface area contributed by atoms with Crippen LogP contribution in [0.25, 0.3) is 52.9 Å². The predicted molar refractivity (Wildman–Crippen MR) is 177 cm³/mol. The van der Waals surface area contributed by atoms with Crippen LogP contribution in [0.4, 0.5) is 0 Å². The Morgan fingerprint density at radius 1 is 0.350 bits per heavy atom. The van der Waals surface area contributed by atoms with E-state index in [4.69, 9.17) is 0 Å². The highest BCUT2D eigenvalue weighted by molar-refractivity contribution is 7.25. The van der Waals surface area contributed by atoms with Gasteiger partial charge in [0.25, 0.3) is 0 Å². The van der Waals surface area contributed by atoms with E-state index >= 15 is 0 Å². The van der Waals surface area contributed by atoms with Gasteiger partial charge >= 0.3 is 0 Å². The Balaban J connectivity index is 1.15. The zero-order valence-corrected chi connectivity index (χ0v) is 24.0. The number of thiophene rings is 2. The number of rotatable bonds is 9. The van der Waals surface area contributed by atoms with Crippen LogP contribution < -0.4 is 0 Å². The highest BCUT2D eigenvalue weighted by Crippen LogP contribution is 2.41. The van der Waals surface area contributed by atoms with E-state index in [9.17, 15) is 0 Å². The molecule has 6 rings (SSSR count). The molecule has 0 saturated heterocycles. The van der Waals surface area contributed by atoms with Gasteiger partial charge in [-0.3, -0.25) is 0 Å². The molecule has 0 radical (unpaired) electrons. The smallest absolute Gasteiger partial charge is 0.0449 e. The fourth-order valence-electron chi connectivity index (χ4n) is 4.90. The molecule has 0 atom stereocenters. The van der Waals surface area contributed by atoms with Gasteiger partial charge in [-0.1, -0.05) is 109 Å². The van der Waals surface area contributed by atoms with Crippen molar-refractivity contribution in [2.24, 2.45) is 0 Å². The van der Waals surface area contributed by atoms with Crippen molar-refractivity contribution < 1.29 is 0 Å². The Morgan fingerprint density at radius 2 is 0.625 bits per heavy atom. The summed E-state index contributed by atoms with van der Waals surface area (Å²) in [5.41, 5.74) is 10.1. The van der Waals surface area contributed by atoms with Crippen LogP contribution in [0.5, 0.6) is 0 Å². The highest BCUT2D eigenvalue weighted by Gasteiger charge is 2.10. The maximum absolute atomic E-state index is 3.83. The summed E-state index contributed by atoms with van der Waals surface area (Å²) in [4.78, 5) is 5.20. The molecule has 6 aromatic rings. The van der Waals surface area contributed by atoms with Crippen molar-refractivity contribution in [3.05, 3.63) is 158 Å². The van der Waals surface area contributed by atoms with Gasteiger partial charge in [0.1, 0.15) is 0 Å². The fraction of sp³-hybridized carbons (Fsp3) is 0.0526. The molecule has 2 aromatic heterocycles. The summed E-state index contributed by atoms with van der Waals surface area (Å²) >= 11 is 3.71. The molecule has 0 spiro atoms. The van der Waals surface area contributed by atoms with E-state index in [0.717, 1.165) is 12.8 Å². The first kappa shape index (κ1) is 26.0. The van der Waals surface area contributed by atoms with Gasteiger partial charge in [0.15, 0.2) is 0 Å². The van der Waals surface area contributed by atoms with Crippen molar-refractivity contribution in [2.75, 3.05) is 0 Å². The molecular formula is C38H30S2. The van der Waals surface area contributed by atoms with E-state index in [0.29, 0.717) is 0 Å². The lowest BCUT2D eigenvalue weighted by molar-refractivity contribution is 1.28. The second kappa shape index (κ2) is 11.9. The van der Waals surface area contributed by atoms with Crippen molar-refractivity contribution >= 4 is 22.7 Å². The Morgan fingerprint density at radius 3 is 0.950 bits per heavy atom. The molecular weight excluding hydrogens is 521 g/mol. The van der Waals surface area contributed by atoms with Gasteiger partial charge in [0.2, 0.25) is 0 Å². The summed E-state index contributed by atoms with van der Waals surface area (Å²) in [7, 11) is 0. The lowest BCUT2D eigenvalue weighted by Crippen LogP contribution is -1.82. The molecule has 2 heterocycles. The molecule has 0 unspecified atom stereocenters. The van der Waals surface area contributed by atoms with Crippen LogP contribution >= 0.6 is 22.7 Å². The third-order valence-corrected chi connectivity index (χ3v) is 9.59. The zero-order chi connectivity index (χ0) is 27.3. The molecule has 2 heteroatoms. The lowest BCUT2D eigenvalue weighted by Gasteiger charge is -2.05. The molecule has 0 saturated carbocycles. The molecule has 0 aliphatic carbocycles. The molecule has 40 heavy (non-hydrogen) atoms. The number of hydrogen-bond donors (Lipinski definition) is 0. The minimum atomic E-state index is 0.907. The molecule has 0 bridgehead atoms. The second-order valence-electron chi connectivity index (χ2n) is 9.86. The summed E-state index contributed by atoms with van der Waals surface area (Å²) in [6.07, 6.45) is 5.70. The monoisotopic (exact) mass is 550 g/mol. The van der Waals surface area contributed by atoms with E-state index in [1.165, 1.54) is 64.0 Å². The van der Waals surface area contributed by atoms with Crippen molar-refractivity contribution in [1.82, 2.24) is 0 Å². The molecule has 0 aliphatic rings. The van der Waals surface area contributed by atoms with Gasteiger partial charge in [-0.2, -0.15) is 0 Å². The lowest BCUT2D eigenvalue weighted by atomic mass is 10.0. The Labute approximate surface area is 245 Å². The Kier molecular flexibility index (Phi) is 7.72. The van der Waals surface area contributed by atoms with Gasteiger partial charge < -0.3 is 0 Å². The maximum atomic E-state index is 3.83. The first-order valence-corrected chi connectivity index (χ1v) is 15.1. The van der Waals surface area contributed by atoms with Crippen LogP contribution in [0, 0.1) is 0 Å². The van der Waals surface area contributed by atoms with Crippen LogP contribution in [-0.2, 0) is 12.8 Å². The van der Waals surface area contributed by atoms with Crippen LogP contribution in [0.2, 0.25) is 0 Å². The molecule has 0 fully saturated rings. The van der Waals surface area contributed by atoms with Gasteiger partial charge in [0, 0.05) is 19.5 Å². The van der Waals surface area contributed by atoms with E-state index < -0.39 is 0 Å². The minimum absolute atomic E-state index is 0.907. The topological polar surface area (TPSA) is 0 Å². The molecule has 0 N–H and O–H groups in total. The first-order chi connectivity index (χ1) is 19.7. The van der Waals surface area contributed by atoms with E-state index in [1.807, 2.05) is 34.8 Å². The normalized spacial score (nSPS) is 10.9. The predicted octanol–water partition coefficient (Wildman–Crippen LogP) is 11.6. The number of hydrogen-bond acceptors (Lipinski definition) is 2. The van der Waals surface area contributed by atoms with Crippen LogP contribution in [0.3, 0.4) is 0 Å².